The Hall–Kier alpha value is -2.04. The van der Waals surface area contributed by atoms with Gasteiger partial charge in [-0.2, -0.15) is 0 Å². The van der Waals surface area contributed by atoms with Crippen molar-refractivity contribution in [1.29, 1.82) is 0 Å². The molecule has 200 valence electrons. The van der Waals surface area contributed by atoms with E-state index < -0.39 is 5.97 Å². The molecule has 0 unspecified atom stereocenters. The summed E-state index contributed by atoms with van der Waals surface area (Å²) in [5.41, 5.74) is 2.89. The molecule has 0 amide bonds. The quantitative estimate of drug-likeness (QED) is 0.232. The third-order valence-electron chi connectivity index (χ3n) is 9.82. The Morgan fingerprint density at radius 3 is 2.39 bits per heavy atom. The molecule has 2 N–H and O–H groups in total. The summed E-state index contributed by atoms with van der Waals surface area (Å²) in [6.45, 7) is 3.93. The van der Waals surface area contributed by atoms with Crippen molar-refractivity contribution in [3.8, 4) is 5.75 Å². The number of esters is 1. The maximum Gasteiger partial charge on any atom is 0.303 e. The zero-order valence-electron chi connectivity index (χ0n) is 22.3. The monoisotopic (exact) mass is 498 g/mol. The molecular weight excluding hydrogens is 452 g/mol. The Kier molecular flexibility index (Phi) is 9.00. The van der Waals surface area contributed by atoms with Gasteiger partial charge in [0.05, 0.1) is 0 Å². The lowest BCUT2D eigenvalue weighted by molar-refractivity contribution is -0.155. The predicted octanol–water partition coefficient (Wildman–Crippen LogP) is 7.39. The van der Waals surface area contributed by atoms with Crippen molar-refractivity contribution in [2.45, 2.75) is 122 Å². The first kappa shape index (κ1) is 27.0. The van der Waals surface area contributed by atoms with Gasteiger partial charge in [-0.15, -0.1) is 0 Å². The average Bonchev–Trinajstić information content (AvgIpc) is 3.15. The highest BCUT2D eigenvalue weighted by molar-refractivity contribution is 5.66. The number of phenols is 1. The maximum absolute atomic E-state index is 11.8. The van der Waals surface area contributed by atoms with Gasteiger partial charge in [0.15, 0.2) is 0 Å². The van der Waals surface area contributed by atoms with Gasteiger partial charge < -0.3 is 14.9 Å². The van der Waals surface area contributed by atoms with Crippen LogP contribution in [0.5, 0.6) is 5.75 Å². The Labute approximate surface area is 217 Å². The summed E-state index contributed by atoms with van der Waals surface area (Å²) in [6, 6.07) is 6.05. The number of carboxylic acids is 1. The van der Waals surface area contributed by atoms with Crippen LogP contribution in [0.1, 0.15) is 121 Å². The largest absolute Gasteiger partial charge is 0.508 e. The van der Waals surface area contributed by atoms with Crippen molar-refractivity contribution in [3.63, 3.8) is 0 Å². The lowest BCUT2D eigenvalue weighted by atomic mass is 9.52. The summed E-state index contributed by atoms with van der Waals surface area (Å²) in [7, 11) is 0. The van der Waals surface area contributed by atoms with E-state index in [9.17, 15) is 14.7 Å². The molecule has 6 atom stereocenters. The fourth-order valence-electron chi connectivity index (χ4n) is 8.15. The van der Waals surface area contributed by atoms with Crippen LogP contribution in [0.4, 0.5) is 0 Å². The minimum Gasteiger partial charge on any atom is -0.508 e. The second-order valence-corrected chi connectivity index (χ2v) is 12.1. The van der Waals surface area contributed by atoms with Crippen LogP contribution in [0, 0.1) is 23.2 Å². The minimum absolute atomic E-state index is 0.0540. The van der Waals surface area contributed by atoms with E-state index in [1.807, 2.05) is 12.1 Å². The van der Waals surface area contributed by atoms with E-state index in [1.54, 1.807) is 6.92 Å². The van der Waals surface area contributed by atoms with Gasteiger partial charge in [-0.25, -0.2) is 0 Å². The van der Waals surface area contributed by atoms with Crippen LogP contribution in [0.3, 0.4) is 0 Å². The van der Waals surface area contributed by atoms with Crippen molar-refractivity contribution in [1.82, 2.24) is 0 Å². The molecule has 1 aromatic rings. The molecule has 0 heterocycles. The summed E-state index contributed by atoms with van der Waals surface area (Å²) in [6.07, 6.45) is 16.2. The van der Waals surface area contributed by atoms with Crippen LogP contribution in [-0.4, -0.2) is 28.3 Å². The number of rotatable bonds is 12. The van der Waals surface area contributed by atoms with Gasteiger partial charge in [0.1, 0.15) is 11.9 Å². The standard InChI is InChI=1S/C31H46O5/c1-21(32)36-28-16-15-27-30-22(11-9-7-5-3-4-6-8-10-12-29(34)35)19-23-20-24(33)13-14-25(23)26(30)17-18-31(27,28)2/h13-14,20,22,26-28,30,33H,3-12,15-19H2,1-2H3,(H,34,35)/t22-,26-,27+,28+,30-,31+/m1/s1. The number of hydrogen-bond donors (Lipinski definition) is 2. The molecule has 2 saturated carbocycles. The van der Waals surface area contributed by atoms with Crippen LogP contribution < -0.4 is 0 Å². The molecule has 2 fully saturated rings. The van der Waals surface area contributed by atoms with Gasteiger partial charge in [-0.3, -0.25) is 9.59 Å². The normalized spacial score (nSPS) is 30.8. The van der Waals surface area contributed by atoms with Crippen molar-refractivity contribution in [3.05, 3.63) is 29.3 Å². The molecular formula is C31H46O5. The minimum atomic E-state index is -0.685. The first-order valence-corrected chi connectivity index (χ1v) is 14.5. The number of carboxylic acid groups (broad SMARTS) is 1. The fourth-order valence-corrected chi connectivity index (χ4v) is 8.15. The molecule has 1 aromatic carbocycles. The smallest absolute Gasteiger partial charge is 0.303 e. The number of benzene rings is 1. The molecule has 36 heavy (non-hydrogen) atoms. The van der Waals surface area contributed by atoms with Crippen LogP contribution in [0.25, 0.3) is 0 Å². The highest BCUT2D eigenvalue weighted by Gasteiger charge is 2.57. The Bertz CT molecular complexity index is 910. The van der Waals surface area contributed by atoms with E-state index >= 15 is 0 Å². The molecule has 0 aromatic heterocycles. The molecule has 3 aliphatic rings. The molecule has 3 aliphatic carbocycles. The number of carbonyl (C=O) groups excluding carboxylic acids is 1. The van der Waals surface area contributed by atoms with Gasteiger partial charge in [0.2, 0.25) is 0 Å². The molecule has 4 rings (SSSR count). The molecule has 5 heteroatoms. The van der Waals surface area contributed by atoms with Gasteiger partial charge in [0.25, 0.3) is 0 Å². The fraction of sp³-hybridized carbons (Fsp3) is 0.742. The Balaban J connectivity index is 1.35. The first-order chi connectivity index (χ1) is 17.3. The first-order valence-electron chi connectivity index (χ1n) is 14.5. The number of aliphatic carboxylic acids is 1. The summed E-state index contributed by atoms with van der Waals surface area (Å²) in [4.78, 5) is 22.4. The second kappa shape index (κ2) is 12.0. The second-order valence-electron chi connectivity index (χ2n) is 12.1. The number of phenolic OH excluding ortho intramolecular Hbond substituents is 1. The number of unbranched alkanes of at least 4 members (excludes halogenated alkanes) is 7. The van der Waals surface area contributed by atoms with E-state index in [1.165, 1.54) is 49.7 Å². The summed E-state index contributed by atoms with van der Waals surface area (Å²) in [5.74, 6) is 1.96. The Morgan fingerprint density at radius 2 is 1.69 bits per heavy atom. The van der Waals surface area contributed by atoms with Gasteiger partial charge in [-0.1, -0.05) is 57.9 Å². The van der Waals surface area contributed by atoms with E-state index in [0.29, 0.717) is 35.8 Å². The van der Waals surface area contributed by atoms with E-state index in [-0.39, 0.29) is 17.5 Å². The number of hydrogen-bond acceptors (Lipinski definition) is 4. The zero-order valence-corrected chi connectivity index (χ0v) is 22.3. The maximum atomic E-state index is 11.8. The van der Waals surface area contributed by atoms with Crippen LogP contribution in [-0.2, 0) is 20.7 Å². The SMILES string of the molecule is CC(=O)O[C@H]1CC[C@H]2[C@@H]3[C@H](CCCCCCCCCCC(=O)O)Cc4cc(O)ccc4[C@H]3CC[C@]12C. The highest BCUT2D eigenvalue weighted by Crippen LogP contribution is 2.63. The third kappa shape index (κ3) is 6.08. The van der Waals surface area contributed by atoms with Crippen molar-refractivity contribution in [2.75, 3.05) is 0 Å². The van der Waals surface area contributed by atoms with Gasteiger partial charge in [-0.05, 0) is 91.9 Å². The zero-order chi connectivity index (χ0) is 25.7. The predicted molar refractivity (Wildman–Crippen MR) is 141 cm³/mol. The Morgan fingerprint density at radius 1 is 1.00 bits per heavy atom. The number of aromatic hydroxyl groups is 1. The molecule has 0 aliphatic heterocycles. The van der Waals surface area contributed by atoms with Crippen molar-refractivity contribution < 1.29 is 24.5 Å². The lowest BCUT2D eigenvalue weighted by Crippen LogP contribution is -2.48. The number of carbonyl (C=O) groups is 2. The summed E-state index contributed by atoms with van der Waals surface area (Å²) >= 11 is 0. The van der Waals surface area contributed by atoms with E-state index in [0.717, 1.165) is 51.4 Å². The lowest BCUT2D eigenvalue weighted by Gasteiger charge is -2.53. The molecule has 0 radical (unpaired) electrons. The van der Waals surface area contributed by atoms with E-state index in [4.69, 9.17) is 9.84 Å². The van der Waals surface area contributed by atoms with Gasteiger partial charge in [0, 0.05) is 18.8 Å². The molecule has 0 bridgehead atoms. The number of ether oxygens (including phenoxy) is 1. The molecule has 0 spiro atoms. The van der Waals surface area contributed by atoms with Crippen LogP contribution in [0.15, 0.2) is 18.2 Å². The topological polar surface area (TPSA) is 83.8 Å². The van der Waals surface area contributed by atoms with Crippen LogP contribution >= 0.6 is 0 Å². The summed E-state index contributed by atoms with van der Waals surface area (Å²) in [5, 5.41) is 18.9. The van der Waals surface area contributed by atoms with Crippen molar-refractivity contribution >= 4 is 11.9 Å². The van der Waals surface area contributed by atoms with Crippen LogP contribution in [0.2, 0.25) is 0 Å². The highest BCUT2D eigenvalue weighted by atomic mass is 16.5. The third-order valence-corrected chi connectivity index (χ3v) is 9.82. The van der Waals surface area contributed by atoms with Gasteiger partial charge >= 0.3 is 11.9 Å². The molecule has 5 nitrogen and oxygen atoms in total. The average molecular weight is 499 g/mol. The number of fused-ring (bicyclic) bond motifs is 5. The van der Waals surface area contributed by atoms with Crippen molar-refractivity contribution in [2.24, 2.45) is 23.2 Å². The summed E-state index contributed by atoms with van der Waals surface area (Å²) < 4.78 is 5.85. The van der Waals surface area contributed by atoms with E-state index in [2.05, 4.69) is 13.0 Å². The molecule has 0 saturated heterocycles.